The van der Waals surface area contributed by atoms with Crippen molar-refractivity contribution in [2.75, 3.05) is 0 Å². The quantitative estimate of drug-likeness (QED) is 0.501. The molecular formula is C8H10BClO2. The molecule has 1 aromatic rings. The lowest BCUT2D eigenvalue weighted by Crippen LogP contribution is -2.29. The van der Waals surface area contributed by atoms with E-state index in [-0.39, 0.29) is 0 Å². The van der Waals surface area contributed by atoms with Gasteiger partial charge in [-0.2, -0.15) is 0 Å². The molecule has 0 aromatic heterocycles. The van der Waals surface area contributed by atoms with Crippen molar-refractivity contribution in [3.63, 3.8) is 0 Å². The summed E-state index contributed by atoms with van der Waals surface area (Å²) in [5.41, 5.74) is 0.449. The van der Waals surface area contributed by atoms with Gasteiger partial charge in [-0.05, 0) is 17.6 Å². The maximum Gasteiger partial charge on any atom is 0.488 e. The molecule has 0 radical (unpaired) electrons. The van der Waals surface area contributed by atoms with Crippen LogP contribution in [0.25, 0.3) is 0 Å². The van der Waals surface area contributed by atoms with Crippen LogP contribution in [0.3, 0.4) is 0 Å². The molecule has 1 aromatic carbocycles. The molecule has 0 spiro atoms. The van der Waals surface area contributed by atoms with Crippen LogP contribution in [0.2, 0.25) is 5.02 Å². The second-order valence-electron chi connectivity index (χ2n) is 1.93. The fraction of sp³-hybridized carbons (Fsp3) is 0. The van der Waals surface area contributed by atoms with Crippen molar-refractivity contribution in [1.29, 1.82) is 0 Å². The van der Waals surface area contributed by atoms with Crippen LogP contribution in [0.4, 0.5) is 0 Å². The van der Waals surface area contributed by atoms with Crippen LogP contribution in [0, 0.1) is 0 Å². The third-order valence-electron chi connectivity index (χ3n) is 1.17. The summed E-state index contributed by atoms with van der Waals surface area (Å²) in [5, 5.41) is 17.8. The minimum absolute atomic E-state index is 0.449. The maximum atomic E-state index is 8.63. The van der Waals surface area contributed by atoms with Crippen molar-refractivity contribution in [2.45, 2.75) is 0 Å². The molecule has 0 bridgehead atoms. The van der Waals surface area contributed by atoms with Crippen LogP contribution in [-0.2, 0) is 0 Å². The first-order valence-electron chi connectivity index (χ1n) is 3.32. The fourth-order valence-corrected chi connectivity index (χ4v) is 0.761. The highest BCUT2D eigenvalue weighted by molar-refractivity contribution is 6.58. The molecule has 1 rings (SSSR count). The standard InChI is InChI=1S/C6H6BClO2.C2H4/c8-6-3-1-5(2-4-6)7(9)10;1-2/h1-4,9-10H;1-2H2. The molecule has 0 fully saturated rings. The topological polar surface area (TPSA) is 40.5 Å². The zero-order chi connectivity index (χ0) is 9.56. The van der Waals surface area contributed by atoms with Gasteiger partial charge in [-0.15, -0.1) is 13.2 Å². The van der Waals surface area contributed by atoms with Crippen LogP contribution in [0.5, 0.6) is 0 Å². The Balaban J connectivity index is 0.000000561. The monoisotopic (exact) mass is 184 g/mol. The molecule has 0 amide bonds. The van der Waals surface area contributed by atoms with Crippen LogP contribution in [0.1, 0.15) is 0 Å². The lowest BCUT2D eigenvalue weighted by atomic mass is 9.81. The summed E-state index contributed by atoms with van der Waals surface area (Å²) >= 11 is 5.55. The first-order chi connectivity index (χ1) is 5.70. The summed E-state index contributed by atoms with van der Waals surface area (Å²) in [6, 6.07) is 6.34. The molecule has 0 saturated heterocycles. The molecule has 4 heteroatoms. The Morgan fingerprint density at radius 1 is 1.08 bits per heavy atom. The highest BCUT2D eigenvalue weighted by atomic mass is 35.5. The van der Waals surface area contributed by atoms with Gasteiger partial charge in [0.2, 0.25) is 0 Å². The second-order valence-corrected chi connectivity index (χ2v) is 2.36. The van der Waals surface area contributed by atoms with E-state index in [4.69, 9.17) is 21.6 Å². The summed E-state index contributed by atoms with van der Waals surface area (Å²) in [5.74, 6) is 0. The zero-order valence-electron chi connectivity index (χ0n) is 6.57. The van der Waals surface area contributed by atoms with E-state index in [1.165, 1.54) is 0 Å². The van der Waals surface area contributed by atoms with Gasteiger partial charge < -0.3 is 10.0 Å². The summed E-state index contributed by atoms with van der Waals surface area (Å²) in [6.45, 7) is 6.00. The van der Waals surface area contributed by atoms with Gasteiger partial charge in [0.05, 0.1) is 0 Å². The SMILES string of the molecule is C=C.OB(O)c1ccc(Cl)cc1. The third kappa shape index (κ3) is 3.58. The summed E-state index contributed by atoms with van der Waals surface area (Å²) < 4.78 is 0. The van der Waals surface area contributed by atoms with E-state index in [2.05, 4.69) is 13.2 Å². The van der Waals surface area contributed by atoms with Crippen LogP contribution < -0.4 is 5.46 Å². The second kappa shape index (κ2) is 5.83. The average molecular weight is 184 g/mol. The van der Waals surface area contributed by atoms with Crippen LogP contribution >= 0.6 is 11.6 Å². The van der Waals surface area contributed by atoms with Gasteiger partial charge in [0.1, 0.15) is 0 Å². The molecule has 0 saturated carbocycles. The maximum absolute atomic E-state index is 8.63. The molecule has 0 aliphatic heterocycles. The largest absolute Gasteiger partial charge is 0.488 e. The minimum Gasteiger partial charge on any atom is -0.423 e. The normalized spacial score (nSPS) is 8.25. The number of hydrogen-bond donors (Lipinski definition) is 2. The average Bonchev–Trinajstić information content (AvgIpc) is 2.09. The smallest absolute Gasteiger partial charge is 0.423 e. The molecule has 2 N–H and O–H groups in total. The number of halogens is 1. The molecule has 12 heavy (non-hydrogen) atoms. The highest BCUT2D eigenvalue weighted by Gasteiger charge is 2.08. The third-order valence-corrected chi connectivity index (χ3v) is 1.42. The van der Waals surface area contributed by atoms with E-state index in [1.54, 1.807) is 24.3 Å². The van der Waals surface area contributed by atoms with E-state index in [0.29, 0.717) is 10.5 Å². The van der Waals surface area contributed by atoms with Gasteiger partial charge in [-0.25, -0.2) is 0 Å². The van der Waals surface area contributed by atoms with Gasteiger partial charge in [0, 0.05) is 5.02 Å². The summed E-state index contributed by atoms with van der Waals surface area (Å²) in [7, 11) is -1.41. The molecule has 0 aliphatic rings. The Morgan fingerprint density at radius 3 is 1.83 bits per heavy atom. The number of benzene rings is 1. The molecule has 0 heterocycles. The van der Waals surface area contributed by atoms with Gasteiger partial charge in [0.25, 0.3) is 0 Å². The Bertz CT molecular complexity index is 223. The van der Waals surface area contributed by atoms with Crippen molar-refractivity contribution in [3.05, 3.63) is 42.4 Å². The van der Waals surface area contributed by atoms with E-state index in [1.807, 2.05) is 0 Å². The Morgan fingerprint density at radius 2 is 1.50 bits per heavy atom. The molecule has 0 atom stereocenters. The predicted molar refractivity (Wildman–Crippen MR) is 52.5 cm³/mol. The van der Waals surface area contributed by atoms with Crippen molar-refractivity contribution in [3.8, 4) is 0 Å². The summed E-state index contributed by atoms with van der Waals surface area (Å²) in [4.78, 5) is 0. The number of hydrogen-bond acceptors (Lipinski definition) is 2. The first-order valence-corrected chi connectivity index (χ1v) is 3.69. The highest BCUT2D eigenvalue weighted by Crippen LogP contribution is 2.03. The van der Waals surface area contributed by atoms with Crippen molar-refractivity contribution in [1.82, 2.24) is 0 Å². The van der Waals surface area contributed by atoms with E-state index < -0.39 is 7.12 Å². The van der Waals surface area contributed by atoms with Crippen LogP contribution in [-0.4, -0.2) is 17.2 Å². The zero-order valence-corrected chi connectivity index (χ0v) is 7.33. The Kier molecular flexibility index (Phi) is 5.46. The van der Waals surface area contributed by atoms with Gasteiger partial charge in [0.15, 0.2) is 0 Å². The minimum atomic E-state index is -1.41. The molecule has 2 nitrogen and oxygen atoms in total. The molecule has 64 valence electrons. The lowest BCUT2D eigenvalue weighted by Gasteiger charge is -1.96. The Labute approximate surface area is 77.3 Å². The fourth-order valence-electron chi connectivity index (χ4n) is 0.635. The van der Waals surface area contributed by atoms with E-state index in [9.17, 15) is 0 Å². The van der Waals surface area contributed by atoms with Gasteiger partial charge in [-0.3, -0.25) is 0 Å². The predicted octanol–water partition coefficient (Wildman–Crippen LogP) is 0.822. The lowest BCUT2D eigenvalue weighted by molar-refractivity contribution is 0.426. The Hall–Kier alpha value is -0.765. The van der Waals surface area contributed by atoms with Crippen molar-refractivity contribution >= 4 is 24.2 Å². The van der Waals surface area contributed by atoms with Crippen molar-refractivity contribution in [2.24, 2.45) is 0 Å². The van der Waals surface area contributed by atoms with E-state index in [0.717, 1.165) is 0 Å². The summed E-state index contributed by atoms with van der Waals surface area (Å²) in [6.07, 6.45) is 0. The molecular weight excluding hydrogens is 174 g/mol. The molecule has 0 aliphatic carbocycles. The molecule has 0 unspecified atom stereocenters. The number of rotatable bonds is 1. The van der Waals surface area contributed by atoms with Crippen LogP contribution in [0.15, 0.2) is 37.4 Å². The van der Waals surface area contributed by atoms with Gasteiger partial charge in [-0.1, -0.05) is 23.7 Å². The first kappa shape index (κ1) is 11.2. The van der Waals surface area contributed by atoms with Gasteiger partial charge >= 0.3 is 7.12 Å². The van der Waals surface area contributed by atoms with Crippen molar-refractivity contribution < 1.29 is 10.0 Å². The van der Waals surface area contributed by atoms with E-state index >= 15 is 0 Å².